The van der Waals surface area contributed by atoms with Crippen LogP contribution in [0.4, 0.5) is 46.5 Å². The summed E-state index contributed by atoms with van der Waals surface area (Å²) >= 11 is 0. The monoisotopic (exact) mass is 371 g/mol. The van der Waals surface area contributed by atoms with Gasteiger partial charge in [0.15, 0.2) is 46.5 Å². The molecule has 134 valence electrons. The molecule has 0 aliphatic rings. The number of halogens is 8. The van der Waals surface area contributed by atoms with E-state index in [0.717, 1.165) is 0 Å². The normalized spacial score (nSPS) is 10.8. The van der Waals surface area contributed by atoms with E-state index in [1.807, 2.05) is 0 Å². The predicted octanol–water partition coefficient (Wildman–Crippen LogP) is 4.33. The first kappa shape index (κ1) is 18.5. The van der Waals surface area contributed by atoms with Crippen molar-refractivity contribution in [1.29, 1.82) is 0 Å². The molecule has 0 saturated carbocycles. The predicted molar refractivity (Wildman–Crippen MR) is 67.2 cm³/mol. The summed E-state index contributed by atoms with van der Waals surface area (Å²) in [6.45, 7) is 0. The third-order valence-electron chi connectivity index (χ3n) is 3.01. The first-order chi connectivity index (χ1) is 11.6. The lowest BCUT2D eigenvalue weighted by atomic mass is 10.1. The standard InChI is InChI=1S/C14H5F8NO2/c1-25-14(24)5-8(19)10(21)13(11(22)9(5)20)23-12-6(17)3(15)2-4(16)7(12)18/h2,23H,1H3. The smallest absolute Gasteiger partial charge is 0.344 e. The molecule has 25 heavy (non-hydrogen) atoms. The van der Waals surface area contributed by atoms with Crippen molar-refractivity contribution >= 4 is 17.3 Å². The lowest BCUT2D eigenvalue weighted by Crippen LogP contribution is -2.15. The average molecular weight is 371 g/mol. The zero-order valence-electron chi connectivity index (χ0n) is 11.9. The number of rotatable bonds is 3. The molecule has 0 atom stereocenters. The molecule has 3 nitrogen and oxygen atoms in total. The van der Waals surface area contributed by atoms with Gasteiger partial charge in [-0.05, 0) is 0 Å². The van der Waals surface area contributed by atoms with Gasteiger partial charge in [0.25, 0.3) is 0 Å². The Morgan fingerprint density at radius 3 is 1.56 bits per heavy atom. The van der Waals surface area contributed by atoms with Crippen LogP contribution in [0, 0.1) is 46.5 Å². The fourth-order valence-electron chi connectivity index (χ4n) is 1.83. The number of hydrogen-bond acceptors (Lipinski definition) is 3. The first-order valence-electron chi connectivity index (χ1n) is 6.16. The molecule has 0 aliphatic heterocycles. The summed E-state index contributed by atoms with van der Waals surface area (Å²) in [6, 6.07) is -0.190. The van der Waals surface area contributed by atoms with E-state index >= 15 is 0 Å². The Balaban J connectivity index is 2.70. The third-order valence-corrected chi connectivity index (χ3v) is 3.01. The van der Waals surface area contributed by atoms with E-state index < -0.39 is 69.4 Å². The lowest BCUT2D eigenvalue weighted by Gasteiger charge is -2.14. The molecule has 0 saturated heterocycles. The zero-order valence-corrected chi connectivity index (χ0v) is 11.9. The second-order valence-corrected chi connectivity index (χ2v) is 4.47. The summed E-state index contributed by atoms with van der Waals surface area (Å²) in [4.78, 5) is 11.2. The topological polar surface area (TPSA) is 38.3 Å². The summed E-state index contributed by atoms with van der Waals surface area (Å²) in [6.07, 6.45) is 0. The van der Waals surface area contributed by atoms with E-state index in [9.17, 15) is 39.9 Å². The van der Waals surface area contributed by atoms with Crippen LogP contribution in [0.15, 0.2) is 6.07 Å². The quantitative estimate of drug-likeness (QED) is 0.496. The van der Waals surface area contributed by atoms with Gasteiger partial charge in [0.05, 0.1) is 7.11 Å². The molecule has 1 N–H and O–H groups in total. The van der Waals surface area contributed by atoms with Gasteiger partial charge >= 0.3 is 5.97 Å². The molecule has 0 heterocycles. The highest BCUT2D eigenvalue weighted by Gasteiger charge is 2.31. The van der Waals surface area contributed by atoms with Gasteiger partial charge in [-0.3, -0.25) is 0 Å². The van der Waals surface area contributed by atoms with Crippen molar-refractivity contribution in [2.45, 2.75) is 0 Å². The number of methoxy groups -OCH3 is 1. The number of carbonyl (C=O) groups excluding carboxylic acids is 1. The van der Waals surface area contributed by atoms with Crippen LogP contribution >= 0.6 is 0 Å². The molecule has 0 aromatic heterocycles. The average Bonchev–Trinajstić information content (AvgIpc) is 2.57. The molecule has 2 aromatic carbocycles. The first-order valence-corrected chi connectivity index (χ1v) is 6.16. The van der Waals surface area contributed by atoms with Crippen molar-refractivity contribution in [3.63, 3.8) is 0 Å². The molecule has 2 aromatic rings. The van der Waals surface area contributed by atoms with Crippen molar-refractivity contribution in [2.75, 3.05) is 12.4 Å². The van der Waals surface area contributed by atoms with E-state index in [-0.39, 0.29) is 6.07 Å². The van der Waals surface area contributed by atoms with Gasteiger partial charge in [-0.2, -0.15) is 0 Å². The van der Waals surface area contributed by atoms with Crippen molar-refractivity contribution in [1.82, 2.24) is 0 Å². The van der Waals surface area contributed by atoms with E-state index in [1.165, 1.54) is 5.32 Å². The maximum atomic E-state index is 13.9. The minimum atomic E-state index is -2.28. The SMILES string of the molecule is COC(=O)c1c(F)c(F)c(Nc2c(F)c(F)cc(F)c2F)c(F)c1F. The van der Waals surface area contributed by atoms with Gasteiger partial charge in [0.2, 0.25) is 0 Å². The zero-order chi connectivity index (χ0) is 19.0. The molecule has 0 radical (unpaired) electrons. The minimum absolute atomic E-state index is 0.190. The van der Waals surface area contributed by atoms with Crippen LogP contribution in [0.5, 0.6) is 0 Å². The molecule has 0 amide bonds. The third kappa shape index (κ3) is 2.96. The summed E-state index contributed by atoms with van der Waals surface area (Å²) in [5.74, 6) is -18.9. The largest absolute Gasteiger partial charge is 0.465 e. The Morgan fingerprint density at radius 2 is 1.16 bits per heavy atom. The summed E-state index contributed by atoms with van der Waals surface area (Å²) in [7, 11) is 0.670. The Hall–Kier alpha value is -2.85. The van der Waals surface area contributed by atoms with Gasteiger partial charge in [-0.25, -0.2) is 39.9 Å². The Kier molecular flexibility index (Phi) is 4.86. The van der Waals surface area contributed by atoms with E-state index in [0.29, 0.717) is 7.11 Å². The van der Waals surface area contributed by atoms with Crippen molar-refractivity contribution in [2.24, 2.45) is 0 Å². The summed E-state index contributed by atoms with van der Waals surface area (Å²) < 4.78 is 112. The van der Waals surface area contributed by atoms with Crippen LogP contribution in [0.3, 0.4) is 0 Å². The highest BCUT2D eigenvalue weighted by molar-refractivity contribution is 5.90. The highest BCUT2D eigenvalue weighted by Crippen LogP contribution is 2.33. The molecule has 2 rings (SSSR count). The van der Waals surface area contributed by atoms with E-state index in [1.54, 1.807) is 0 Å². The van der Waals surface area contributed by atoms with Crippen molar-refractivity contribution in [3.8, 4) is 0 Å². The molecule has 0 bridgehead atoms. The fraction of sp³-hybridized carbons (Fsp3) is 0.0714. The Morgan fingerprint density at radius 1 is 0.760 bits per heavy atom. The van der Waals surface area contributed by atoms with Crippen LogP contribution in [0.25, 0.3) is 0 Å². The molecule has 0 unspecified atom stereocenters. The number of carbonyl (C=O) groups is 1. The van der Waals surface area contributed by atoms with Crippen LogP contribution < -0.4 is 5.32 Å². The van der Waals surface area contributed by atoms with Gasteiger partial charge in [-0.1, -0.05) is 0 Å². The molecule has 0 fully saturated rings. The second-order valence-electron chi connectivity index (χ2n) is 4.47. The number of benzene rings is 2. The van der Waals surface area contributed by atoms with Crippen molar-refractivity contribution < 1.29 is 44.7 Å². The lowest BCUT2D eigenvalue weighted by molar-refractivity contribution is 0.0587. The molecule has 0 aliphatic carbocycles. The van der Waals surface area contributed by atoms with Crippen molar-refractivity contribution in [3.05, 3.63) is 58.2 Å². The second kappa shape index (κ2) is 6.57. The van der Waals surface area contributed by atoms with Gasteiger partial charge in [0, 0.05) is 6.07 Å². The van der Waals surface area contributed by atoms with E-state index in [4.69, 9.17) is 0 Å². The maximum absolute atomic E-state index is 13.9. The van der Waals surface area contributed by atoms with E-state index in [2.05, 4.69) is 4.74 Å². The van der Waals surface area contributed by atoms with Gasteiger partial charge in [-0.15, -0.1) is 0 Å². The minimum Gasteiger partial charge on any atom is -0.465 e. The highest BCUT2D eigenvalue weighted by atomic mass is 19.2. The number of esters is 1. The Bertz CT molecular complexity index is 829. The Labute approximate surface area is 133 Å². The van der Waals surface area contributed by atoms with Crippen LogP contribution in [0.1, 0.15) is 10.4 Å². The summed E-state index contributed by atoms with van der Waals surface area (Å²) in [5.41, 5.74) is -5.29. The maximum Gasteiger partial charge on any atom is 0.344 e. The molecular weight excluding hydrogens is 366 g/mol. The van der Waals surface area contributed by atoms with Crippen LogP contribution in [-0.4, -0.2) is 13.1 Å². The number of anilines is 2. The van der Waals surface area contributed by atoms with Gasteiger partial charge in [0.1, 0.15) is 16.9 Å². The molecular formula is C14H5F8NO2. The number of nitrogens with one attached hydrogen (secondary N) is 1. The van der Waals surface area contributed by atoms with Gasteiger partial charge < -0.3 is 10.1 Å². The molecule has 0 spiro atoms. The number of ether oxygens (including phenoxy) is 1. The molecule has 11 heteroatoms. The van der Waals surface area contributed by atoms with Crippen LogP contribution in [-0.2, 0) is 4.74 Å². The fourth-order valence-corrected chi connectivity index (χ4v) is 1.83. The van der Waals surface area contributed by atoms with Crippen LogP contribution in [0.2, 0.25) is 0 Å². The number of hydrogen-bond donors (Lipinski definition) is 1. The summed E-state index contributed by atoms with van der Waals surface area (Å²) in [5, 5.41) is 1.21.